The van der Waals surface area contributed by atoms with Crippen molar-refractivity contribution in [2.24, 2.45) is 0 Å². The van der Waals surface area contributed by atoms with Crippen molar-refractivity contribution in [2.45, 2.75) is 4.90 Å². The molecule has 1 rings (SSSR count). The number of nitrogens with zero attached hydrogens (tertiary/aromatic N) is 1. The van der Waals surface area contributed by atoms with Crippen molar-refractivity contribution in [3.63, 3.8) is 0 Å². The molecule has 1 aromatic carbocycles. The third-order valence-corrected chi connectivity index (χ3v) is 5.08. The van der Waals surface area contributed by atoms with Gasteiger partial charge in [0.15, 0.2) is 0 Å². The molecule has 0 saturated heterocycles. The van der Waals surface area contributed by atoms with Crippen LogP contribution in [0.5, 0.6) is 0 Å². The highest BCUT2D eigenvalue weighted by molar-refractivity contribution is 7.98. The van der Waals surface area contributed by atoms with Gasteiger partial charge in [-0.3, -0.25) is 0 Å². The lowest BCUT2D eigenvalue weighted by Crippen LogP contribution is -2.29. The first-order valence-electron chi connectivity index (χ1n) is 5.38. The molecule has 0 atom stereocenters. The molecule has 0 radical (unpaired) electrons. The molecule has 0 spiro atoms. The van der Waals surface area contributed by atoms with E-state index < -0.39 is 16.0 Å². The van der Waals surface area contributed by atoms with Crippen molar-refractivity contribution >= 4 is 33.4 Å². The van der Waals surface area contributed by atoms with Crippen molar-refractivity contribution in [1.82, 2.24) is 4.31 Å². The second-order valence-corrected chi connectivity index (χ2v) is 6.88. The van der Waals surface area contributed by atoms with Crippen LogP contribution in [0.1, 0.15) is 10.4 Å². The minimum Gasteiger partial charge on any atom is -0.478 e. The maximum absolute atomic E-state index is 12.2. The maximum atomic E-state index is 12.2. The Morgan fingerprint density at radius 3 is 2.58 bits per heavy atom. The van der Waals surface area contributed by atoms with Crippen molar-refractivity contribution < 1.29 is 18.3 Å². The molecule has 0 fully saturated rings. The molecule has 0 unspecified atom stereocenters. The van der Waals surface area contributed by atoms with E-state index in [0.717, 1.165) is 6.07 Å². The van der Waals surface area contributed by atoms with Crippen molar-refractivity contribution in [3.05, 3.63) is 23.8 Å². The highest BCUT2D eigenvalue weighted by Gasteiger charge is 2.23. The van der Waals surface area contributed by atoms with Gasteiger partial charge < -0.3 is 10.8 Å². The monoisotopic (exact) mass is 304 g/mol. The Balaban J connectivity index is 3.12. The third kappa shape index (κ3) is 3.62. The lowest BCUT2D eigenvalue weighted by atomic mass is 10.2. The number of carboxylic acid groups (broad SMARTS) is 1. The van der Waals surface area contributed by atoms with Gasteiger partial charge in [0, 0.05) is 19.3 Å². The molecule has 0 heterocycles. The number of hydrogen-bond acceptors (Lipinski definition) is 5. The lowest BCUT2D eigenvalue weighted by molar-refractivity contribution is 0.0697. The predicted molar refractivity (Wildman–Crippen MR) is 76.0 cm³/mol. The number of rotatable bonds is 6. The molecule has 8 heteroatoms. The normalized spacial score (nSPS) is 11.7. The second-order valence-electron chi connectivity index (χ2n) is 3.88. The average molecular weight is 304 g/mol. The van der Waals surface area contributed by atoms with E-state index in [4.69, 9.17) is 10.8 Å². The Labute approximate surface area is 116 Å². The zero-order valence-corrected chi connectivity index (χ0v) is 12.3. The van der Waals surface area contributed by atoms with Gasteiger partial charge in [0.05, 0.1) is 11.3 Å². The van der Waals surface area contributed by atoms with Crippen LogP contribution in [0.2, 0.25) is 0 Å². The van der Waals surface area contributed by atoms with Gasteiger partial charge in [-0.1, -0.05) is 0 Å². The summed E-state index contributed by atoms with van der Waals surface area (Å²) in [6, 6.07) is 3.61. The van der Waals surface area contributed by atoms with Crippen LogP contribution in [-0.2, 0) is 10.0 Å². The smallest absolute Gasteiger partial charge is 0.335 e. The minimum absolute atomic E-state index is 0.0387. The first-order chi connectivity index (χ1) is 8.80. The number of carbonyl (C=O) groups is 1. The Bertz CT molecular complexity index is 572. The van der Waals surface area contributed by atoms with Gasteiger partial charge in [-0.15, -0.1) is 0 Å². The topological polar surface area (TPSA) is 101 Å². The summed E-state index contributed by atoms with van der Waals surface area (Å²) < 4.78 is 25.7. The SMILES string of the molecule is CSCCN(C)S(=O)(=O)c1ccc(C(=O)O)cc1N. The molecule has 0 aromatic heterocycles. The van der Waals surface area contributed by atoms with Crippen molar-refractivity contribution in [2.75, 3.05) is 31.3 Å². The van der Waals surface area contributed by atoms with Gasteiger partial charge in [-0.05, 0) is 24.5 Å². The molecule has 3 N–H and O–H groups in total. The molecule has 1 aromatic rings. The predicted octanol–water partition coefficient (Wildman–Crippen LogP) is 0.951. The van der Waals surface area contributed by atoms with E-state index in [-0.39, 0.29) is 16.1 Å². The fraction of sp³-hybridized carbons (Fsp3) is 0.364. The zero-order chi connectivity index (χ0) is 14.6. The molecule has 0 aliphatic heterocycles. The van der Waals surface area contributed by atoms with Crippen LogP contribution in [0.15, 0.2) is 23.1 Å². The summed E-state index contributed by atoms with van der Waals surface area (Å²) in [7, 11) is -2.21. The van der Waals surface area contributed by atoms with Crippen LogP contribution in [-0.4, -0.2) is 49.4 Å². The molecule has 0 aliphatic rings. The van der Waals surface area contributed by atoms with Crippen LogP contribution in [0.3, 0.4) is 0 Å². The van der Waals surface area contributed by atoms with E-state index in [2.05, 4.69) is 0 Å². The fourth-order valence-electron chi connectivity index (χ4n) is 1.42. The van der Waals surface area contributed by atoms with E-state index in [1.807, 2.05) is 6.26 Å². The lowest BCUT2D eigenvalue weighted by Gasteiger charge is -2.18. The molecular weight excluding hydrogens is 288 g/mol. The highest BCUT2D eigenvalue weighted by Crippen LogP contribution is 2.23. The summed E-state index contributed by atoms with van der Waals surface area (Å²) in [5, 5.41) is 8.81. The molecule has 106 valence electrons. The fourth-order valence-corrected chi connectivity index (χ4v) is 3.26. The third-order valence-electron chi connectivity index (χ3n) is 2.56. The molecular formula is C11H16N2O4S2. The first-order valence-corrected chi connectivity index (χ1v) is 8.22. The maximum Gasteiger partial charge on any atom is 0.335 e. The van der Waals surface area contributed by atoms with Crippen LogP contribution < -0.4 is 5.73 Å². The van der Waals surface area contributed by atoms with E-state index in [0.29, 0.717) is 12.3 Å². The van der Waals surface area contributed by atoms with Crippen LogP contribution >= 0.6 is 11.8 Å². The number of nitrogen functional groups attached to an aromatic ring is 1. The van der Waals surface area contributed by atoms with Crippen LogP contribution in [0, 0.1) is 0 Å². The van der Waals surface area contributed by atoms with Gasteiger partial charge in [-0.2, -0.15) is 11.8 Å². The van der Waals surface area contributed by atoms with Gasteiger partial charge in [0.2, 0.25) is 10.0 Å². The van der Waals surface area contributed by atoms with Gasteiger partial charge in [0.1, 0.15) is 4.90 Å². The molecule has 0 saturated carbocycles. The van der Waals surface area contributed by atoms with Gasteiger partial charge >= 0.3 is 5.97 Å². The highest BCUT2D eigenvalue weighted by atomic mass is 32.2. The van der Waals surface area contributed by atoms with E-state index >= 15 is 0 Å². The summed E-state index contributed by atoms with van der Waals surface area (Å²) >= 11 is 1.54. The number of benzene rings is 1. The number of anilines is 1. The molecule has 0 amide bonds. The molecule has 0 aliphatic carbocycles. The number of sulfonamides is 1. The van der Waals surface area contributed by atoms with Crippen LogP contribution in [0.4, 0.5) is 5.69 Å². The van der Waals surface area contributed by atoms with E-state index in [1.54, 1.807) is 0 Å². The molecule has 0 bridgehead atoms. The van der Waals surface area contributed by atoms with Crippen molar-refractivity contribution in [1.29, 1.82) is 0 Å². The quantitative estimate of drug-likeness (QED) is 0.759. The summed E-state index contributed by atoms with van der Waals surface area (Å²) in [4.78, 5) is 10.7. The molecule has 19 heavy (non-hydrogen) atoms. The molecule has 6 nitrogen and oxygen atoms in total. The zero-order valence-electron chi connectivity index (χ0n) is 10.7. The summed E-state index contributed by atoms with van der Waals surface area (Å²) in [5.41, 5.74) is 5.54. The number of aromatic carboxylic acids is 1. The number of thioether (sulfide) groups is 1. The largest absolute Gasteiger partial charge is 0.478 e. The summed E-state index contributed by atoms with van der Waals surface area (Å²) in [6.45, 7) is 0.365. The van der Waals surface area contributed by atoms with Crippen molar-refractivity contribution in [3.8, 4) is 0 Å². The number of carboxylic acids is 1. The Morgan fingerprint density at radius 1 is 1.47 bits per heavy atom. The average Bonchev–Trinajstić information content (AvgIpc) is 2.35. The number of hydrogen-bond donors (Lipinski definition) is 2. The van der Waals surface area contributed by atoms with E-state index in [1.165, 1.54) is 35.2 Å². The Hall–Kier alpha value is -1.25. The van der Waals surface area contributed by atoms with Gasteiger partial charge in [-0.25, -0.2) is 17.5 Å². The van der Waals surface area contributed by atoms with E-state index in [9.17, 15) is 13.2 Å². The Morgan fingerprint density at radius 2 is 2.11 bits per heavy atom. The minimum atomic E-state index is -3.68. The second kappa shape index (κ2) is 6.27. The standard InChI is InChI=1S/C11H16N2O4S2/c1-13(5-6-18-2)19(16,17)10-4-3-8(11(14)15)7-9(10)12/h3-4,7H,5-6,12H2,1-2H3,(H,14,15). The van der Waals surface area contributed by atoms with Gasteiger partial charge in [0.25, 0.3) is 0 Å². The Kier molecular flexibility index (Phi) is 5.21. The van der Waals surface area contributed by atoms with Crippen LogP contribution in [0.25, 0.3) is 0 Å². The summed E-state index contributed by atoms with van der Waals surface area (Å²) in [5.74, 6) is -0.477. The first kappa shape index (κ1) is 15.8. The number of nitrogens with two attached hydrogens (primary N) is 1. The summed E-state index contributed by atoms with van der Waals surface area (Å²) in [6.07, 6.45) is 1.89.